The highest BCUT2D eigenvalue weighted by Crippen LogP contribution is 2.36. The summed E-state index contributed by atoms with van der Waals surface area (Å²) in [6.45, 7) is 4.56. The van der Waals surface area contributed by atoms with Crippen LogP contribution in [0.25, 0.3) is 15.8 Å². The zero-order chi connectivity index (χ0) is 18.9. The summed E-state index contributed by atoms with van der Waals surface area (Å²) in [6.07, 6.45) is 0. The number of nitrogens with zero attached hydrogens (tertiary/aromatic N) is 6. The number of hydrogen-bond acceptors (Lipinski definition) is 6. The van der Waals surface area contributed by atoms with E-state index in [9.17, 15) is 0 Å². The van der Waals surface area contributed by atoms with Gasteiger partial charge in [-0.1, -0.05) is 53.1 Å². The van der Waals surface area contributed by atoms with Crippen LogP contribution in [0.2, 0.25) is 5.02 Å². The molecule has 2 aromatic heterocycles. The normalized spacial score (nSPS) is 15.4. The number of benzene rings is 2. The summed E-state index contributed by atoms with van der Waals surface area (Å²) in [6, 6.07) is 18.3. The number of fused-ring (bicyclic) bond motifs is 1. The molecule has 3 heterocycles. The quantitative estimate of drug-likeness (QED) is 0.511. The van der Waals surface area contributed by atoms with Crippen LogP contribution in [0.15, 0.2) is 54.6 Å². The molecule has 0 bridgehead atoms. The SMILES string of the molecule is Clc1c(CN2CCN(c3nnnn3-c3ccccc3)CC2)sc2ccccc12. The summed E-state index contributed by atoms with van der Waals surface area (Å²) in [5.74, 6) is 0.797. The Bertz CT molecular complexity index is 1080. The van der Waals surface area contributed by atoms with Gasteiger partial charge in [0.05, 0.1) is 10.7 Å². The number of anilines is 1. The molecule has 0 N–H and O–H groups in total. The van der Waals surface area contributed by atoms with Gasteiger partial charge < -0.3 is 4.90 Å². The van der Waals surface area contributed by atoms with Crippen LogP contribution in [0.4, 0.5) is 5.95 Å². The second-order valence-corrected chi connectivity index (χ2v) is 8.34. The summed E-state index contributed by atoms with van der Waals surface area (Å²) in [4.78, 5) is 5.94. The topological polar surface area (TPSA) is 50.1 Å². The zero-order valence-electron chi connectivity index (χ0n) is 15.2. The van der Waals surface area contributed by atoms with E-state index in [1.165, 1.54) is 9.58 Å². The third-order valence-corrected chi connectivity index (χ3v) is 6.78. The number of halogens is 1. The van der Waals surface area contributed by atoms with E-state index in [0.717, 1.165) is 54.8 Å². The number of hydrogen-bond donors (Lipinski definition) is 0. The summed E-state index contributed by atoms with van der Waals surface area (Å²) < 4.78 is 3.06. The van der Waals surface area contributed by atoms with Crippen molar-refractivity contribution in [1.29, 1.82) is 0 Å². The molecule has 0 aliphatic carbocycles. The highest BCUT2D eigenvalue weighted by atomic mass is 35.5. The minimum absolute atomic E-state index is 0.797. The van der Waals surface area contributed by atoms with Crippen LogP contribution < -0.4 is 4.90 Å². The molecule has 1 aliphatic rings. The first-order valence-corrected chi connectivity index (χ1v) is 10.5. The van der Waals surface area contributed by atoms with Gasteiger partial charge in [0.2, 0.25) is 5.95 Å². The molecule has 8 heteroatoms. The fourth-order valence-corrected chi connectivity index (χ4v) is 5.13. The molecule has 4 aromatic rings. The molecule has 28 heavy (non-hydrogen) atoms. The highest BCUT2D eigenvalue weighted by molar-refractivity contribution is 7.19. The second kappa shape index (κ2) is 7.50. The summed E-state index contributed by atoms with van der Waals surface area (Å²) in [7, 11) is 0. The molecule has 0 saturated carbocycles. The third-order valence-electron chi connectivity index (χ3n) is 5.08. The Labute approximate surface area is 171 Å². The van der Waals surface area contributed by atoms with Crippen molar-refractivity contribution in [2.45, 2.75) is 6.54 Å². The van der Waals surface area contributed by atoms with Crippen molar-refractivity contribution >= 4 is 39.0 Å². The Balaban J connectivity index is 1.28. The predicted octanol–water partition coefficient (Wildman–Crippen LogP) is 3.85. The van der Waals surface area contributed by atoms with Gasteiger partial charge in [-0.25, -0.2) is 0 Å². The molecule has 0 amide bonds. The largest absolute Gasteiger partial charge is 0.337 e. The van der Waals surface area contributed by atoms with Crippen molar-refractivity contribution in [3.63, 3.8) is 0 Å². The summed E-state index contributed by atoms with van der Waals surface area (Å²) in [5, 5.41) is 14.4. The van der Waals surface area contributed by atoms with Gasteiger partial charge in [0.25, 0.3) is 0 Å². The number of para-hydroxylation sites is 1. The number of rotatable bonds is 4. The van der Waals surface area contributed by atoms with Crippen molar-refractivity contribution < 1.29 is 0 Å². The fraction of sp³-hybridized carbons (Fsp3) is 0.250. The van der Waals surface area contributed by atoms with E-state index in [4.69, 9.17) is 11.6 Å². The van der Waals surface area contributed by atoms with E-state index < -0.39 is 0 Å². The second-order valence-electron chi connectivity index (χ2n) is 6.82. The molecule has 0 spiro atoms. The van der Waals surface area contributed by atoms with Crippen LogP contribution in [0, 0.1) is 0 Å². The molecule has 6 nitrogen and oxygen atoms in total. The Hall–Kier alpha value is -2.48. The first kappa shape index (κ1) is 17.6. The van der Waals surface area contributed by atoms with Gasteiger partial charge in [0.1, 0.15) is 0 Å². The first-order chi connectivity index (χ1) is 13.8. The van der Waals surface area contributed by atoms with Gasteiger partial charge >= 0.3 is 0 Å². The van der Waals surface area contributed by atoms with Crippen LogP contribution in [0.5, 0.6) is 0 Å². The number of tetrazole rings is 1. The van der Waals surface area contributed by atoms with E-state index in [1.54, 1.807) is 16.0 Å². The molecule has 1 fully saturated rings. The zero-order valence-corrected chi connectivity index (χ0v) is 16.8. The molecule has 1 aliphatic heterocycles. The van der Waals surface area contributed by atoms with Crippen molar-refractivity contribution in [3.8, 4) is 5.69 Å². The van der Waals surface area contributed by atoms with Gasteiger partial charge in [0.15, 0.2) is 0 Å². The van der Waals surface area contributed by atoms with Crippen LogP contribution in [0.1, 0.15) is 4.88 Å². The molecular formula is C20H19ClN6S. The molecule has 0 atom stereocenters. The highest BCUT2D eigenvalue weighted by Gasteiger charge is 2.23. The lowest BCUT2D eigenvalue weighted by Crippen LogP contribution is -2.46. The Morgan fingerprint density at radius 2 is 1.68 bits per heavy atom. The van der Waals surface area contributed by atoms with Crippen LogP contribution in [-0.4, -0.2) is 51.3 Å². The van der Waals surface area contributed by atoms with E-state index in [1.807, 2.05) is 36.4 Å². The maximum absolute atomic E-state index is 6.62. The number of piperazine rings is 1. The van der Waals surface area contributed by atoms with Crippen molar-refractivity contribution in [3.05, 3.63) is 64.5 Å². The van der Waals surface area contributed by atoms with Gasteiger partial charge in [-0.05, 0) is 28.6 Å². The fourth-order valence-electron chi connectivity index (χ4n) is 3.59. The summed E-state index contributed by atoms with van der Waals surface area (Å²) >= 11 is 8.41. The Kier molecular flexibility index (Phi) is 4.72. The molecule has 2 aromatic carbocycles. The van der Waals surface area contributed by atoms with E-state index in [2.05, 4.69) is 43.5 Å². The smallest absolute Gasteiger partial charge is 0.250 e. The average molecular weight is 411 g/mol. The average Bonchev–Trinajstić information content (AvgIpc) is 3.35. The van der Waals surface area contributed by atoms with E-state index in [-0.39, 0.29) is 0 Å². The number of aromatic nitrogens is 4. The van der Waals surface area contributed by atoms with Gasteiger partial charge in [0, 0.05) is 47.7 Å². The maximum Gasteiger partial charge on any atom is 0.250 e. The molecule has 5 rings (SSSR count). The standard InChI is InChI=1S/C20H19ClN6S/c21-19-16-8-4-5-9-17(16)28-18(19)14-25-10-12-26(13-11-25)20-22-23-24-27(20)15-6-2-1-3-7-15/h1-9H,10-14H2. The lowest BCUT2D eigenvalue weighted by Gasteiger charge is -2.34. The van der Waals surface area contributed by atoms with Gasteiger partial charge in [-0.2, -0.15) is 4.68 Å². The molecule has 1 saturated heterocycles. The molecule has 0 radical (unpaired) electrons. The Morgan fingerprint density at radius 3 is 2.46 bits per heavy atom. The van der Waals surface area contributed by atoms with Gasteiger partial charge in [-0.15, -0.1) is 11.3 Å². The van der Waals surface area contributed by atoms with Crippen molar-refractivity contribution in [2.75, 3.05) is 31.1 Å². The lowest BCUT2D eigenvalue weighted by atomic mass is 10.2. The Morgan fingerprint density at radius 1 is 0.929 bits per heavy atom. The minimum Gasteiger partial charge on any atom is -0.337 e. The number of thiophene rings is 1. The van der Waals surface area contributed by atoms with Crippen molar-refractivity contribution in [1.82, 2.24) is 25.1 Å². The molecule has 0 unspecified atom stereocenters. The van der Waals surface area contributed by atoms with Crippen LogP contribution in [-0.2, 0) is 6.54 Å². The maximum atomic E-state index is 6.62. The monoisotopic (exact) mass is 410 g/mol. The van der Waals surface area contributed by atoms with Gasteiger partial charge in [-0.3, -0.25) is 4.90 Å². The first-order valence-electron chi connectivity index (χ1n) is 9.26. The lowest BCUT2D eigenvalue weighted by molar-refractivity contribution is 0.250. The minimum atomic E-state index is 0.797. The van der Waals surface area contributed by atoms with Crippen molar-refractivity contribution in [2.24, 2.45) is 0 Å². The van der Waals surface area contributed by atoms with E-state index in [0.29, 0.717) is 0 Å². The third kappa shape index (κ3) is 3.26. The predicted molar refractivity (Wildman–Crippen MR) is 113 cm³/mol. The van der Waals surface area contributed by atoms with Crippen LogP contribution in [0.3, 0.4) is 0 Å². The molecular weight excluding hydrogens is 392 g/mol. The molecule has 142 valence electrons. The van der Waals surface area contributed by atoms with Crippen LogP contribution >= 0.6 is 22.9 Å². The summed E-state index contributed by atoms with van der Waals surface area (Å²) in [5.41, 5.74) is 0.974. The van der Waals surface area contributed by atoms with E-state index >= 15 is 0 Å².